The molecular weight excluding hydrogens is 330 g/mol. The highest BCUT2D eigenvalue weighted by atomic mass is 15.3. The quantitative estimate of drug-likeness (QED) is 0.772. The summed E-state index contributed by atoms with van der Waals surface area (Å²) in [5.74, 6) is 0. The molecule has 144 valence electrons. The molecule has 0 bridgehead atoms. The predicted octanol–water partition coefficient (Wildman–Crippen LogP) is 3.86. The van der Waals surface area contributed by atoms with Gasteiger partial charge in [-0.2, -0.15) is 0 Å². The first kappa shape index (κ1) is 18.7. The van der Waals surface area contributed by atoms with Gasteiger partial charge in [0, 0.05) is 45.3 Å². The van der Waals surface area contributed by atoms with E-state index in [0.717, 1.165) is 19.6 Å². The normalized spacial score (nSPS) is 22.7. The Bertz CT molecular complexity index is 667. The Kier molecular flexibility index (Phi) is 6.57. The molecule has 0 radical (unpaired) electrons. The summed E-state index contributed by atoms with van der Waals surface area (Å²) in [5.41, 5.74) is 2.88. The van der Waals surface area contributed by atoms with Gasteiger partial charge in [0.05, 0.1) is 0 Å². The fraction of sp³-hybridized carbons (Fsp3) is 0.500. The third-order valence-corrected chi connectivity index (χ3v) is 6.08. The summed E-state index contributed by atoms with van der Waals surface area (Å²) in [4.78, 5) is 8.09. The van der Waals surface area contributed by atoms with Crippen LogP contribution in [0, 0.1) is 0 Å². The lowest BCUT2D eigenvalue weighted by Crippen LogP contribution is -2.56. The van der Waals surface area contributed by atoms with E-state index in [4.69, 9.17) is 0 Å². The summed E-state index contributed by atoms with van der Waals surface area (Å²) < 4.78 is 0. The largest absolute Gasteiger partial charge is 0.302 e. The zero-order valence-corrected chi connectivity index (χ0v) is 16.5. The smallest absolute Gasteiger partial charge is 0.0354 e. The van der Waals surface area contributed by atoms with Gasteiger partial charge in [0.15, 0.2) is 0 Å². The number of piperazine rings is 1. The van der Waals surface area contributed by atoms with Crippen LogP contribution in [0.4, 0.5) is 0 Å². The van der Waals surface area contributed by atoms with Crippen LogP contribution in [0.1, 0.15) is 30.4 Å². The number of piperidine rings is 1. The fourth-order valence-electron chi connectivity index (χ4n) is 4.58. The van der Waals surface area contributed by atoms with Crippen LogP contribution in [0.2, 0.25) is 0 Å². The van der Waals surface area contributed by atoms with Crippen molar-refractivity contribution < 1.29 is 0 Å². The Balaban J connectivity index is 1.42. The van der Waals surface area contributed by atoms with Crippen LogP contribution >= 0.6 is 0 Å². The molecule has 2 aliphatic rings. The third-order valence-electron chi connectivity index (χ3n) is 6.08. The highest BCUT2D eigenvalue weighted by Gasteiger charge is 2.29. The minimum atomic E-state index is 0.626. The second-order valence-electron chi connectivity index (χ2n) is 8.19. The highest BCUT2D eigenvalue weighted by Crippen LogP contribution is 2.19. The summed E-state index contributed by atoms with van der Waals surface area (Å²) in [6.07, 6.45) is 4.16. The van der Waals surface area contributed by atoms with Crippen molar-refractivity contribution in [1.29, 1.82) is 0 Å². The molecule has 2 aliphatic heterocycles. The molecule has 2 heterocycles. The van der Waals surface area contributed by atoms with Gasteiger partial charge in [-0.1, -0.05) is 67.1 Å². The monoisotopic (exact) mass is 363 g/mol. The molecule has 2 aromatic carbocycles. The molecule has 3 nitrogen and oxygen atoms in total. The van der Waals surface area contributed by atoms with Crippen LogP contribution < -0.4 is 0 Å². The van der Waals surface area contributed by atoms with Gasteiger partial charge in [0.1, 0.15) is 0 Å². The molecule has 0 amide bonds. The van der Waals surface area contributed by atoms with E-state index in [-0.39, 0.29) is 0 Å². The van der Waals surface area contributed by atoms with Crippen molar-refractivity contribution in [3.63, 3.8) is 0 Å². The minimum absolute atomic E-state index is 0.626. The van der Waals surface area contributed by atoms with Crippen LogP contribution in [-0.4, -0.2) is 60.0 Å². The predicted molar refractivity (Wildman–Crippen MR) is 113 cm³/mol. The van der Waals surface area contributed by atoms with Gasteiger partial charge in [-0.05, 0) is 37.1 Å². The number of hydrogen-bond donors (Lipinski definition) is 0. The van der Waals surface area contributed by atoms with Gasteiger partial charge in [-0.15, -0.1) is 0 Å². The Labute approximate surface area is 164 Å². The summed E-state index contributed by atoms with van der Waals surface area (Å²) in [6, 6.07) is 22.6. The summed E-state index contributed by atoms with van der Waals surface area (Å²) in [7, 11) is 0. The first-order valence-electron chi connectivity index (χ1n) is 10.6. The minimum Gasteiger partial charge on any atom is -0.302 e. The van der Waals surface area contributed by atoms with E-state index in [1.54, 1.807) is 0 Å². The first-order chi connectivity index (χ1) is 13.4. The first-order valence-corrected chi connectivity index (χ1v) is 10.6. The van der Waals surface area contributed by atoms with Crippen molar-refractivity contribution in [1.82, 2.24) is 14.7 Å². The lowest BCUT2D eigenvalue weighted by Gasteiger charge is -2.44. The highest BCUT2D eigenvalue weighted by molar-refractivity contribution is 5.16. The number of nitrogens with zero attached hydrogens (tertiary/aromatic N) is 3. The lowest BCUT2D eigenvalue weighted by atomic mass is 10.1. The maximum Gasteiger partial charge on any atom is 0.0354 e. The molecule has 1 unspecified atom stereocenters. The van der Waals surface area contributed by atoms with Crippen molar-refractivity contribution in [3.8, 4) is 0 Å². The molecule has 2 fully saturated rings. The van der Waals surface area contributed by atoms with E-state index in [0.29, 0.717) is 6.04 Å². The average molecular weight is 364 g/mol. The summed E-state index contributed by atoms with van der Waals surface area (Å²) in [6.45, 7) is 9.46. The number of benzene rings is 2. The van der Waals surface area contributed by atoms with E-state index in [1.807, 2.05) is 0 Å². The maximum absolute atomic E-state index is 2.73. The molecule has 0 aromatic heterocycles. The van der Waals surface area contributed by atoms with E-state index in [2.05, 4.69) is 75.4 Å². The maximum atomic E-state index is 2.73. The van der Waals surface area contributed by atoms with Crippen molar-refractivity contribution >= 4 is 0 Å². The zero-order valence-electron chi connectivity index (χ0n) is 16.5. The molecular formula is C24H33N3. The molecule has 2 aromatic rings. The Hall–Kier alpha value is -1.68. The van der Waals surface area contributed by atoms with Crippen LogP contribution in [-0.2, 0) is 13.1 Å². The van der Waals surface area contributed by atoms with E-state index in [9.17, 15) is 0 Å². The van der Waals surface area contributed by atoms with Gasteiger partial charge < -0.3 is 4.90 Å². The lowest BCUT2D eigenvalue weighted by molar-refractivity contribution is 0.0381. The van der Waals surface area contributed by atoms with Crippen LogP contribution in [0.3, 0.4) is 0 Å². The van der Waals surface area contributed by atoms with Crippen molar-refractivity contribution in [2.45, 2.75) is 38.4 Å². The second kappa shape index (κ2) is 9.50. The summed E-state index contributed by atoms with van der Waals surface area (Å²) >= 11 is 0. The molecule has 2 saturated heterocycles. The Morgan fingerprint density at radius 2 is 1.26 bits per heavy atom. The topological polar surface area (TPSA) is 9.72 Å². The number of hydrogen-bond acceptors (Lipinski definition) is 3. The van der Waals surface area contributed by atoms with E-state index >= 15 is 0 Å². The van der Waals surface area contributed by atoms with E-state index in [1.165, 1.54) is 63.1 Å². The molecule has 27 heavy (non-hydrogen) atoms. The van der Waals surface area contributed by atoms with Gasteiger partial charge in [0.2, 0.25) is 0 Å². The number of likely N-dealkylation sites (tertiary alicyclic amines) is 1. The Morgan fingerprint density at radius 3 is 1.93 bits per heavy atom. The van der Waals surface area contributed by atoms with Gasteiger partial charge >= 0.3 is 0 Å². The average Bonchev–Trinajstić information content (AvgIpc) is 2.72. The van der Waals surface area contributed by atoms with Gasteiger partial charge in [-0.3, -0.25) is 9.80 Å². The van der Waals surface area contributed by atoms with Crippen LogP contribution in [0.5, 0.6) is 0 Å². The Morgan fingerprint density at radius 1 is 0.630 bits per heavy atom. The van der Waals surface area contributed by atoms with Gasteiger partial charge in [-0.25, -0.2) is 0 Å². The van der Waals surface area contributed by atoms with Crippen LogP contribution in [0.15, 0.2) is 60.7 Å². The molecule has 0 N–H and O–H groups in total. The SMILES string of the molecule is c1ccc(CN2CCN(Cc3ccccc3)C(CN3CCCCC3)C2)cc1. The zero-order chi connectivity index (χ0) is 18.3. The van der Waals surface area contributed by atoms with Crippen LogP contribution in [0.25, 0.3) is 0 Å². The van der Waals surface area contributed by atoms with Crippen molar-refractivity contribution in [3.05, 3.63) is 71.8 Å². The van der Waals surface area contributed by atoms with Crippen molar-refractivity contribution in [2.75, 3.05) is 39.3 Å². The fourth-order valence-corrected chi connectivity index (χ4v) is 4.58. The molecule has 0 spiro atoms. The van der Waals surface area contributed by atoms with E-state index < -0.39 is 0 Å². The molecule has 0 saturated carbocycles. The summed E-state index contributed by atoms with van der Waals surface area (Å²) in [5, 5.41) is 0. The third kappa shape index (κ3) is 5.41. The standard InChI is InChI=1S/C24H33N3/c1-4-10-22(11-5-1)18-26-16-17-27(19-23-12-6-2-7-13-23)24(21-26)20-25-14-8-3-9-15-25/h1-2,4-7,10-13,24H,3,8-9,14-21H2. The second-order valence-corrected chi connectivity index (χ2v) is 8.19. The van der Waals surface area contributed by atoms with Crippen molar-refractivity contribution in [2.24, 2.45) is 0 Å². The number of rotatable bonds is 6. The molecule has 4 rings (SSSR count). The molecule has 1 atom stereocenters. The molecule has 3 heteroatoms. The van der Waals surface area contributed by atoms with Gasteiger partial charge in [0.25, 0.3) is 0 Å². The molecule has 0 aliphatic carbocycles.